The van der Waals surface area contributed by atoms with Gasteiger partial charge in [0, 0.05) is 21.6 Å². The lowest BCUT2D eigenvalue weighted by Crippen LogP contribution is -2.45. The zero-order valence-electron chi connectivity index (χ0n) is 10.8. The zero-order chi connectivity index (χ0) is 13.9. The molecule has 1 amide bonds. The lowest BCUT2D eigenvalue weighted by Gasteiger charge is -2.35. The van der Waals surface area contributed by atoms with Crippen LogP contribution in [-0.4, -0.2) is 22.9 Å². The summed E-state index contributed by atoms with van der Waals surface area (Å²) in [6.07, 6.45) is 1.73. The third-order valence-electron chi connectivity index (χ3n) is 2.53. The summed E-state index contributed by atoms with van der Waals surface area (Å²) in [5, 5.41) is 0.601. The Hall–Kier alpha value is -0.800. The molecule has 0 saturated heterocycles. The van der Waals surface area contributed by atoms with Crippen molar-refractivity contribution in [3.05, 3.63) is 45.9 Å². The van der Waals surface area contributed by atoms with Crippen LogP contribution in [0.4, 0.5) is 0 Å². The molecule has 0 aromatic heterocycles. The zero-order valence-corrected chi connectivity index (χ0v) is 13.2. The minimum absolute atomic E-state index is 0.0362. The maximum Gasteiger partial charge on any atom is 0.255 e. The largest absolute Gasteiger partial charge is 0.330 e. The molecular formula is C14H17BrClNO. The molecule has 0 aliphatic heterocycles. The number of carbonyl (C=O) groups excluding carboxylic acids is 1. The Labute approximate surface area is 122 Å². The second-order valence-electron chi connectivity index (χ2n) is 5.00. The van der Waals surface area contributed by atoms with Crippen LogP contribution < -0.4 is 0 Å². The topological polar surface area (TPSA) is 20.3 Å². The van der Waals surface area contributed by atoms with E-state index in [4.69, 9.17) is 11.6 Å². The van der Waals surface area contributed by atoms with Crippen molar-refractivity contribution in [2.24, 2.45) is 0 Å². The van der Waals surface area contributed by atoms with Gasteiger partial charge in [-0.15, -0.1) is 6.58 Å². The summed E-state index contributed by atoms with van der Waals surface area (Å²) in [7, 11) is 0. The van der Waals surface area contributed by atoms with Gasteiger partial charge in [0.1, 0.15) is 0 Å². The summed E-state index contributed by atoms with van der Waals surface area (Å²) >= 11 is 9.26. The first-order valence-corrected chi connectivity index (χ1v) is 6.82. The number of hydrogen-bond donors (Lipinski definition) is 0. The second-order valence-corrected chi connectivity index (χ2v) is 6.29. The molecule has 0 N–H and O–H groups in total. The van der Waals surface area contributed by atoms with Gasteiger partial charge in [-0.1, -0.05) is 17.7 Å². The molecule has 0 unspecified atom stereocenters. The summed E-state index contributed by atoms with van der Waals surface area (Å²) in [5.41, 5.74) is 0.348. The van der Waals surface area contributed by atoms with Gasteiger partial charge in [0.25, 0.3) is 5.91 Å². The molecule has 0 radical (unpaired) electrons. The average molecular weight is 331 g/mol. The Morgan fingerprint density at radius 1 is 1.50 bits per heavy atom. The molecule has 0 bridgehead atoms. The minimum atomic E-state index is -0.260. The van der Waals surface area contributed by atoms with E-state index in [0.717, 1.165) is 0 Å². The lowest BCUT2D eigenvalue weighted by atomic mass is 10.0. The number of rotatable bonds is 3. The fourth-order valence-corrected chi connectivity index (χ4v) is 2.45. The van der Waals surface area contributed by atoms with Crippen molar-refractivity contribution in [3.63, 3.8) is 0 Å². The fourth-order valence-electron chi connectivity index (χ4n) is 1.60. The van der Waals surface area contributed by atoms with Gasteiger partial charge in [0.05, 0.1) is 5.56 Å². The number of halogens is 2. The highest BCUT2D eigenvalue weighted by atomic mass is 79.9. The van der Waals surface area contributed by atoms with Gasteiger partial charge >= 0.3 is 0 Å². The molecule has 0 fully saturated rings. The lowest BCUT2D eigenvalue weighted by molar-refractivity contribution is 0.0615. The van der Waals surface area contributed by atoms with Crippen LogP contribution >= 0.6 is 27.5 Å². The van der Waals surface area contributed by atoms with Crippen LogP contribution in [0.5, 0.6) is 0 Å². The minimum Gasteiger partial charge on any atom is -0.330 e. The third-order valence-corrected chi connectivity index (χ3v) is 3.42. The highest BCUT2D eigenvalue weighted by Gasteiger charge is 2.27. The van der Waals surface area contributed by atoms with Crippen LogP contribution in [0.1, 0.15) is 31.1 Å². The summed E-state index contributed by atoms with van der Waals surface area (Å²) in [5.74, 6) is -0.0362. The van der Waals surface area contributed by atoms with Gasteiger partial charge in [0.15, 0.2) is 0 Å². The smallest absolute Gasteiger partial charge is 0.255 e. The highest BCUT2D eigenvalue weighted by molar-refractivity contribution is 9.10. The fraction of sp³-hybridized carbons (Fsp3) is 0.357. The average Bonchev–Trinajstić information content (AvgIpc) is 2.23. The van der Waals surface area contributed by atoms with E-state index >= 15 is 0 Å². The molecule has 18 heavy (non-hydrogen) atoms. The molecular weight excluding hydrogens is 314 g/mol. The first kappa shape index (κ1) is 15.3. The third kappa shape index (κ3) is 3.59. The summed E-state index contributed by atoms with van der Waals surface area (Å²) in [6.45, 7) is 10.2. The Balaban J connectivity index is 3.14. The highest BCUT2D eigenvalue weighted by Crippen LogP contribution is 2.25. The molecule has 1 aromatic carbocycles. The Bertz CT molecular complexity index is 465. The Morgan fingerprint density at radius 2 is 2.11 bits per heavy atom. The van der Waals surface area contributed by atoms with Crippen LogP contribution in [0.15, 0.2) is 35.3 Å². The van der Waals surface area contributed by atoms with E-state index in [1.807, 2.05) is 20.8 Å². The predicted octanol–water partition coefficient (Wildman–Crippen LogP) is 4.53. The first-order chi connectivity index (χ1) is 8.27. The Morgan fingerprint density at radius 3 is 2.56 bits per heavy atom. The maximum absolute atomic E-state index is 12.5. The Kier molecular flexibility index (Phi) is 5.00. The van der Waals surface area contributed by atoms with Crippen LogP contribution in [0.2, 0.25) is 5.02 Å². The van der Waals surface area contributed by atoms with E-state index in [0.29, 0.717) is 21.6 Å². The first-order valence-electron chi connectivity index (χ1n) is 5.65. The van der Waals surface area contributed by atoms with Gasteiger partial charge in [-0.2, -0.15) is 0 Å². The van der Waals surface area contributed by atoms with Crippen molar-refractivity contribution in [1.82, 2.24) is 4.90 Å². The molecule has 2 nitrogen and oxygen atoms in total. The van der Waals surface area contributed by atoms with Gasteiger partial charge in [-0.25, -0.2) is 0 Å². The van der Waals surface area contributed by atoms with Crippen LogP contribution in [0.25, 0.3) is 0 Å². The van der Waals surface area contributed by atoms with Crippen molar-refractivity contribution in [1.29, 1.82) is 0 Å². The number of hydrogen-bond acceptors (Lipinski definition) is 1. The molecule has 0 saturated carbocycles. The standard InChI is InChI=1S/C14H17BrClNO/c1-5-8-17(14(2,3)4)13(18)11-7-6-10(16)9-12(11)15/h5-7,9H,1,8H2,2-4H3. The van der Waals surface area contributed by atoms with E-state index in [1.165, 1.54) is 0 Å². The van der Waals surface area contributed by atoms with Gasteiger partial charge in [0.2, 0.25) is 0 Å². The molecule has 0 aliphatic rings. The van der Waals surface area contributed by atoms with Crippen molar-refractivity contribution in [3.8, 4) is 0 Å². The summed E-state index contributed by atoms with van der Waals surface area (Å²) in [6, 6.07) is 5.18. The molecule has 4 heteroatoms. The molecule has 0 aliphatic carbocycles. The van der Waals surface area contributed by atoms with Crippen LogP contribution in [0.3, 0.4) is 0 Å². The van der Waals surface area contributed by atoms with Crippen molar-refractivity contribution in [2.45, 2.75) is 26.3 Å². The molecule has 1 rings (SSSR count). The normalized spacial score (nSPS) is 11.2. The summed E-state index contributed by atoms with van der Waals surface area (Å²) < 4.78 is 0.707. The van der Waals surface area contributed by atoms with Crippen LogP contribution in [0, 0.1) is 0 Å². The quantitative estimate of drug-likeness (QED) is 0.746. The number of carbonyl (C=O) groups is 1. The predicted molar refractivity (Wildman–Crippen MR) is 80.1 cm³/mol. The van der Waals surface area contributed by atoms with Crippen molar-refractivity contribution < 1.29 is 4.79 Å². The van der Waals surface area contributed by atoms with E-state index in [2.05, 4.69) is 22.5 Å². The monoisotopic (exact) mass is 329 g/mol. The van der Waals surface area contributed by atoms with E-state index in [-0.39, 0.29) is 11.4 Å². The van der Waals surface area contributed by atoms with E-state index in [1.54, 1.807) is 29.2 Å². The van der Waals surface area contributed by atoms with Crippen LogP contribution in [-0.2, 0) is 0 Å². The molecule has 0 spiro atoms. The van der Waals surface area contributed by atoms with Crippen molar-refractivity contribution >= 4 is 33.4 Å². The van der Waals surface area contributed by atoms with Gasteiger partial charge < -0.3 is 4.90 Å². The van der Waals surface area contributed by atoms with Crippen molar-refractivity contribution in [2.75, 3.05) is 6.54 Å². The van der Waals surface area contributed by atoms with E-state index < -0.39 is 0 Å². The molecule has 98 valence electrons. The number of amides is 1. The van der Waals surface area contributed by atoms with E-state index in [9.17, 15) is 4.79 Å². The number of nitrogens with zero attached hydrogens (tertiary/aromatic N) is 1. The molecule has 0 heterocycles. The second kappa shape index (κ2) is 5.89. The number of benzene rings is 1. The summed E-state index contributed by atoms with van der Waals surface area (Å²) in [4.78, 5) is 14.3. The van der Waals surface area contributed by atoms with Gasteiger partial charge in [-0.3, -0.25) is 4.79 Å². The maximum atomic E-state index is 12.5. The SMILES string of the molecule is C=CCN(C(=O)c1ccc(Cl)cc1Br)C(C)(C)C. The molecule has 1 aromatic rings. The molecule has 0 atom stereocenters. The van der Waals surface area contributed by atoms with Gasteiger partial charge in [-0.05, 0) is 54.9 Å².